The highest BCUT2D eigenvalue weighted by Gasteiger charge is 2.18. The van der Waals surface area contributed by atoms with Crippen molar-refractivity contribution in [1.29, 1.82) is 0 Å². The van der Waals surface area contributed by atoms with Gasteiger partial charge < -0.3 is 18.9 Å². The minimum Gasteiger partial charge on any atom is -0.497 e. The number of methoxy groups -OCH3 is 3. The number of Topliss-reactive ketones (excluding diaryl/α,β-unsaturated/α-hetero) is 1. The summed E-state index contributed by atoms with van der Waals surface area (Å²) in [4.78, 5) is 25.5. The van der Waals surface area contributed by atoms with Gasteiger partial charge >= 0.3 is 0 Å². The molecule has 3 aromatic rings. The fourth-order valence-electron chi connectivity index (χ4n) is 2.85. The molecule has 33 heavy (non-hydrogen) atoms. The van der Waals surface area contributed by atoms with Gasteiger partial charge in [0.2, 0.25) is 5.78 Å². The van der Waals surface area contributed by atoms with Crippen molar-refractivity contribution in [2.24, 2.45) is 5.10 Å². The number of nitrogens with zero attached hydrogens (tertiary/aromatic N) is 1. The van der Waals surface area contributed by atoms with E-state index in [0.717, 1.165) is 0 Å². The van der Waals surface area contributed by atoms with Gasteiger partial charge in [0.1, 0.15) is 28.7 Å². The zero-order valence-electron chi connectivity index (χ0n) is 18.5. The maximum atomic E-state index is 13.2. The first-order valence-corrected chi connectivity index (χ1v) is 10.0. The monoisotopic (exact) mass is 448 g/mol. The van der Waals surface area contributed by atoms with Gasteiger partial charge in [0.25, 0.3) is 5.91 Å². The number of hydrazone groups is 1. The molecular weight excluding hydrogens is 424 g/mol. The smallest absolute Gasteiger partial charge is 0.277 e. The maximum absolute atomic E-state index is 13.2. The van der Waals surface area contributed by atoms with E-state index in [1.807, 2.05) is 0 Å². The van der Waals surface area contributed by atoms with Crippen LogP contribution in [0.2, 0.25) is 0 Å². The molecule has 0 fully saturated rings. The van der Waals surface area contributed by atoms with E-state index in [-0.39, 0.29) is 18.1 Å². The molecule has 8 heteroatoms. The molecule has 1 amide bonds. The van der Waals surface area contributed by atoms with Crippen LogP contribution in [-0.4, -0.2) is 45.3 Å². The van der Waals surface area contributed by atoms with E-state index in [4.69, 9.17) is 18.9 Å². The summed E-state index contributed by atoms with van der Waals surface area (Å²) < 4.78 is 20.9. The Bertz CT molecular complexity index is 1110. The quantitative estimate of drug-likeness (QED) is 0.290. The van der Waals surface area contributed by atoms with Crippen LogP contribution in [-0.2, 0) is 4.79 Å². The molecule has 0 spiro atoms. The Labute approximate surface area is 191 Å². The standard InChI is InChI=1S/C25H24N2O6/c1-30-19-8-4-17(5-9-19)24(25(29)18-6-10-20(31-2)11-7-18)27-26-23(28)16-33-22-14-12-21(32-3)13-15-22/h4-15H,16H2,1-3H3,(H,26,28). The fourth-order valence-corrected chi connectivity index (χ4v) is 2.85. The van der Waals surface area contributed by atoms with Gasteiger partial charge in [-0.2, -0.15) is 5.10 Å². The van der Waals surface area contributed by atoms with Crippen molar-refractivity contribution in [3.8, 4) is 23.0 Å². The maximum Gasteiger partial charge on any atom is 0.277 e. The zero-order valence-corrected chi connectivity index (χ0v) is 18.5. The van der Waals surface area contributed by atoms with Crippen molar-refractivity contribution in [3.63, 3.8) is 0 Å². The van der Waals surface area contributed by atoms with E-state index in [2.05, 4.69) is 10.5 Å². The summed E-state index contributed by atoms with van der Waals surface area (Å²) in [5.74, 6) is 1.56. The Morgan fingerprint density at radius 1 is 0.667 bits per heavy atom. The molecule has 170 valence electrons. The summed E-state index contributed by atoms with van der Waals surface area (Å²) in [6, 6.07) is 20.3. The first-order chi connectivity index (χ1) is 16.0. The van der Waals surface area contributed by atoms with Crippen molar-refractivity contribution >= 4 is 17.4 Å². The lowest BCUT2D eigenvalue weighted by Gasteiger charge is -2.09. The molecule has 0 saturated heterocycles. The minimum atomic E-state index is -0.514. The Balaban J connectivity index is 1.76. The predicted octanol–water partition coefficient (Wildman–Crippen LogP) is 3.49. The Hall–Kier alpha value is -4.33. The number of hydrogen-bond acceptors (Lipinski definition) is 7. The summed E-state index contributed by atoms with van der Waals surface area (Å²) in [6.45, 7) is -0.275. The lowest BCUT2D eigenvalue weighted by molar-refractivity contribution is -0.123. The molecule has 0 bridgehead atoms. The SMILES string of the molecule is COc1ccc(OCC(=O)NN=C(C(=O)c2ccc(OC)cc2)c2ccc(OC)cc2)cc1. The lowest BCUT2D eigenvalue weighted by atomic mass is 10.0. The van der Waals surface area contributed by atoms with Crippen LogP contribution in [0.3, 0.4) is 0 Å². The van der Waals surface area contributed by atoms with E-state index in [9.17, 15) is 9.59 Å². The van der Waals surface area contributed by atoms with Crippen LogP contribution in [0.4, 0.5) is 0 Å². The second kappa shape index (κ2) is 11.3. The van der Waals surface area contributed by atoms with Gasteiger partial charge in [-0.05, 0) is 72.8 Å². The molecule has 1 N–H and O–H groups in total. The molecule has 0 aliphatic carbocycles. The highest BCUT2D eigenvalue weighted by Crippen LogP contribution is 2.18. The third-order valence-corrected chi connectivity index (χ3v) is 4.65. The van der Waals surface area contributed by atoms with Crippen LogP contribution in [0.1, 0.15) is 15.9 Å². The number of carbonyl (C=O) groups is 2. The fraction of sp³-hybridized carbons (Fsp3) is 0.160. The number of nitrogens with one attached hydrogen (secondary N) is 1. The number of amides is 1. The molecule has 3 rings (SSSR count). The first-order valence-electron chi connectivity index (χ1n) is 10.0. The van der Waals surface area contributed by atoms with Gasteiger partial charge in [-0.1, -0.05) is 0 Å². The second-order valence-corrected chi connectivity index (χ2v) is 6.75. The van der Waals surface area contributed by atoms with Crippen LogP contribution in [0.15, 0.2) is 77.9 Å². The van der Waals surface area contributed by atoms with Crippen molar-refractivity contribution in [3.05, 3.63) is 83.9 Å². The second-order valence-electron chi connectivity index (χ2n) is 6.75. The van der Waals surface area contributed by atoms with E-state index < -0.39 is 5.91 Å². The normalized spacial score (nSPS) is 10.8. The Morgan fingerprint density at radius 3 is 1.58 bits per heavy atom. The number of ketones is 1. The number of rotatable bonds is 10. The molecule has 0 aromatic heterocycles. The van der Waals surface area contributed by atoms with Gasteiger partial charge in [-0.25, -0.2) is 5.43 Å². The van der Waals surface area contributed by atoms with Crippen LogP contribution in [0.25, 0.3) is 0 Å². The average molecular weight is 448 g/mol. The number of benzene rings is 3. The van der Waals surface area contributed by atoms with Gasteiger partial charge in [0, 0.05) is 11.1 Å². The molecule has 0 aliphatic heterocycles. The molecular formula is C25H24N2O6. The van der Waals surface area contributed by atoms with Crippen LogP contribution in [0.5, 0.6) is 23.0 Å². The molecule has 3 aromatic carbocycles. The van der Waals surface area contributed by atoms with Crippen molar-refractivity contribution in [2.45, 2.75) is 0 Å². The van der Waals surface area contributed by atoms with Gasteiger partial charge in [-0.3, -0.25) is 9.59 Å². The summed E-state index contributed by atoms with van der Waals surface area (Å²) >= 11 is 0. The molecule has 0 atom stereocenters. The third kappa shape index (κ3) is 6.33. The van der Waals surface area contributed by atoms with Crippen LogP contribution >= 0.6 is 0 Å². The van der Waals surface area contributed by atoms with Gasteiger partial charge in [0.05, 0.1) is 21.3 Å². The summed E-state index contributed by atoms with van der Waals surface area (Å²) in [7, 11) is 4.66. The summed E-state index contributed by atoms with van der Waals surface area (Å²) in [5, 5.41) is 4.10. The van der Waals surface area contributed by atoms with Gasteiger partial charge in [-0.15, -0.1) is 0 Å². The predicted molar refractivity (Wildman–Crippen MR) is 123 cm³/mol. The highest BCUT2D eigenvalue weighted by molar-refractivity contribution is 6.51. The minimum absolute atomic E-state index is 0.0700. The average Bonchev–Trinajstić information content (AvgIpc) is 2.88. The summed E-state index contributed by atoms with van der Waals surface area (Å²) in [5.41, 5.74) is 3.39. The molecule has 0 aliphatic rings. The summed E-state index contributed by atoms with van der Waals surface area (Å²) in [6.07, 6.45) is 0. The van der Waals surface area contributed by atoms with E-state index in [1.54, 1.807) is 94.1 Å². The first kappa shape index (κ1) is 23.3. The zero-order chi connectivity index (χ0) is 23.6. The van der Waals surface area contributed by atoms with E-state index >= 15 is 0 Å². The van der Waals surface area contributed by atoms with Crippen LogP contribution < -0.4 is 24.4 Å². The van der Waals surface area contributed by atoms with E-state index in [0.29, 0.717) is 34.1 Å². The molecule has 0 heterocycles. The number of hydrogen-bond donors (Lipinski definition) is 1. The van der Waals surface area contributed by atoms with Gasteiger partial charge in [0.15, 0.2) is 6.61 Å². The molecule has 0 unspecified atom stereocenters. The Morgan fingerprint density at radius 2 is 1.09 bits per heavy atom. The van der Waals surface area contributed by atoms with Crippen molar-refractivity contribution in [2.75, 3.05) is 27.9 Å². The van der Waals surface area contributed by atoms with E-state index in [1.165, 1.54) is 0 Å². The largest absolute Gasteiger partial charge is 0.497 e. The topological polar surface area (TPSA) is 95.5 Å². The molecule has 8 nitrogen and oxygen atoms in total. The van der Waals surface area contributed by atoms with Crippen LogP contribution in [0, 0.1) is 0 Å². The number of ether oxygens (including phenoxy) is 4. The lowest BCUT2D eigenvalue weighted by Crippen LogP contribution is -2.28. The highest BCUT2D eigenvalue weighted by atomic mass is 16.5. The molecule has 0 radical (unpaired) electrons. The molecule has 0 saturated carbocycles. The third-order valence-electron chi connectivity index (χ3n) is 4.65. The number of carbonyl (C=O) groups excluding carboxylic acids is 2. The van der Waals surface area contributed by atoms with Crippen molar-refractivity contribution < 1.29 is 28.5 Å². The Kier molecular flexibility index (Phi) is 8.02. The van der Waals surface area contributed by atoms with Crippen molar-refractivity contribution in [1.82, 2.24) is 5.43 Å².